The lowest BCUT2D eigenvalue weighted by atomic mass is 10.0. The fourth-order valence-electron chi connectivity index (χ4n) is 2.88. The van der Waals surface area contributed by atoms with E-state index in [4.69, 9.17) is 5.73 Å². The number of carbonyl (C=O) groups is 1. The molecule has 0 bridgehead atoms. The zero-order valence-electron chi connectivity index (χ0n) is 14.7. The van der Waals surface area contributed by atoms with Crippen LogP contribution in [0.1, 0.15) is 12.0 Å². The molecule has 2 aromatic carbocycles. The number of amides is 1. The number of sulfonamides is 1. The van der Waals surface area contributed by atoms with Crippen molar-refractivity contribution in [2.75, 3.05) is 6.54 Å². The second-order valence-corrected chi connectivity index (χ2v) is 7.95. The van der Waals surface area contributed by atoms with Crippen LogP contribution in [0.5, 0.6) is 0 Å². The summed E-state index contributed by atoms with van der Waals surface area (Å²) in [6, 6.07) is 6.57. The van der Waals surface area contributed by atoms with Crippen molar-refractivity contribution in [3.8, 4) is 11.1 Å². The molecule has 1 aromatic heterocycles. The van der Waals surface area contributed by atoms with Crippen LogP contribution in [0.25, 0.3) is 22.0 Å². The number of H-pyrrole nitrogens is 1. The summed E-state index contributed by atoms with van der Waals surface area (Å²) in [5, 5.41) is 0.481. The highest BCUT2D eigenvalue weighted by Crippen LogP contribution is 2.38. The molecule has 154 valence electrons. The molecule has 0 fully saturated rings. The van der Waals surface area contributed by atoms with Gasteiger partial charge < -0.3 is 10.7 Å². The Morgan fingerprint density at radius 1 is 1.14 bits per heavy atom. The second kappa shape index (κ2) is 7.48. The summed E-state index contributed by atoms with van der Waals surface area (Å²) in [5.74, 6) is -1.31. The van der Waals surface area contributed by atoms with Crippen molar-refractivity contribution in [3.05, 3.63) is 54.0 Å². The van der Waals surface area contributed by atoms with Gasteiger partial charge in [-0.2, -0.15) is 13.2 Å². The maximum atomic E-state index is 13.6. The number of benzene rings is 2. The maximum absolute atomic E-state index is 13.6. The summed E-state index contributed by atoms with van der Waals surface area (Å²) in [6.45, 7) is -0.426. The largest absolute Gasteiger partial charge is 0.417 e. The third-order valence-electron chi connectivity index (χ3n) is 4.19. The van der Waals surface area contributed by atoms with Gasteiger partial charge in [-0.15, -0.1) is 0 Å². The predicted molar refractivity (Wildman–Crippen MR) is 97.7 cm³/mol. The first kappa shape index (κ1) is 20.8. The number of rotatable bonds is 6. The Kier molecular flexibility index (Phi) is 5.37. The van der Waals surface area contributed by atoms with Crippen molar-refractivity contribution in [2.24, 2.45) is 5.73 Å². The third kappa shape index (κ3) is 4.40. The van der Waals surface area contributed by atoms with Gasteiger partial charge in [0.05, 0.1) is 10.5 Å². The van der Waals surface area contributed by atoms with Crippen molar-refractivity contribution in [1.29, 1.82) is 0 Å². The fraction of sp³-hybridized carbons (Fsp3) is 0.167. The Labute approximate surface area is 162 Å². The minimum absolute atomic E-state index is 0.103. The van der Waals surface area contributed by atoms with Crippen LogP contribution in [0.3, 0.4) is 0 Å². The number of nitrogens with two attached hydrogens (primary N) is 1. The van der Waals surface area contributed by atoms with Crippen LogP contribution in [0.15, 0.2) is 47.5 Å². The van der Waals surface area contributed by atoms with E-state index in [1.807, 2.05) is 4.72 Å². The molecule has 0 atom stereocenters. The highest BCUT2D eigenvalue weighted by Gasteiger charge is 2.37. The molecule has 11 heteroatoms. The zero-order valence-corrected chi connectivity index (χ0v) is 15.5. The summed E-state index contributed by atoms with van der Waals surface area (Å²) in [4.78, 5) is 12.5. The normalized spacial score (nSPS) is 12.4. The summed E-state index contributed by atoms with van der Waals surface area (Å²) in [7, 11) is -4.54. The first-order chi connectivity index (χ1) is 13.5. The molecule has 1 amide bonds. The second-order valence-electron chi connectivity index (χ2n) is 6.22. The van der Waals surface area contributed by atoms with E-state index in [1.165, 1.54) is 30.5 Å². The summed E-state index contributed by atoms with van der Waals surface area (Å²) >= 11 is 0. The first-order valence-corrected chi connectivity index (χ1v) is 9.73. The number of nitrogens with one attached hydrogen (secondary N) is 2. The fourth-order valence-corrected chi connectivity index (χ4v) is 4.11. The van der Waals surface area contributed by atoms with E-state index >= 15 is 0 Å². The Balaban J connectivity index is 2.08. The minimum Gasteiger partial charge on any atom is -0.370 e. The van der Waals surface area contributed by atoms with Crippen LogP contribution in [0, 0.1) is 5.82 Å². The molecule has 6 nitrogen and oxygen atoms in total. The molecular formula is C18H15F4N3O3S. The number of fused-ring (bicyclic) bond motifs is 1. The van der Waals surface area contributed by atoms with E-state index in [1.54, 1.807) is 0 Å². The van der Waals surface area contributed by atoms with Crippen molar-refractivity contribution in [1.82, 2.24) is 9.71 Å². The molecule has 0 spiro atoms. The summed E-state index contributed by atoms with van der Waals surface area (Å²) < 4.78 is 80.7. The molecule has 29 heavy (non-hydrogen) atoms. The van der Waals surface area contributed by atoms with Crippen LogP contribution in [-0.2, 0) is 21.0 Å². The van der Waals surface area contributed by atoms with Gasteiger partial charge in [-0.3, -0.25) is 4.79 Å². The van der Waals surface area contributed by atoms with Crippen LogP contribution in [0.4, 0.5) is 17.6 Å². The number of hydrogen-bond acceptors (Lipinski definition) is 3. The molecule has 3 aromatic rings. The van der Waals surface area contributed by atoms with Gasteiger partial charge >= 0.3 is 6.18 Å². The van der Waals surface area contributed by atoms with Crippen LogP contribution in [0.2, 0.25) is 0 Å². The molecule has 0 saturated heterocycles. The summed E-state index contributed by atoms with van der Waals surface area (Å²) in [5.41, 5.74) is 4.39. The number of aromatic amines is 1. The van der Waals surface area contributed by atoms with E-state index in [-0.39, 0.29) is 12.0 Å². The molecule has 0 aliphatic rings. The lowest BCUT2D eigenvalue weighted by Gasteiger charge is -2.15. The molecule has 0 unspecified atom stereocenters. The van der Waals surface area contributed by atoms with Crippen LogP contribution in [-0.4, -0.2) is 25.9 Å². The number of aromatic nitrogens is 1. The van der Waals surface area contributed by atoms with Gasteiger partial charge in [-0.1, -0.05) is 6.07 Å². The number of hydrogen-bond donors (Lipinski definition) is 3. The van der Waals surface area contributed by atoms with E-state index in [2.05, 4.69) is 4.98 Å². The minimum atomic E-state index is -4.96. The van der Waals surface area contributed by atoms with Gasteiger partial charge in [0.25, 0.3) is 0 Å². The molecule has 1 heterocycles. The molecule has 0 aliphatic carbocycles. The lowest BCUT2D eigenvalue weighted by Crippen LogP contribution is -2.29. The molecule has 0 saturated carbocycles. The van der Waals surface area contributed by atoms with Gasteiger partial charge in [0.2, 0.25) is 15.9 Å². The van der Waals surface area contributed by atoms with E-state index in [9.17, 15) is 30.8 Å². The van der Waals surface area contributed by atoms with Gasteiger partial charge in [-0.05, 0) is 35.9 Å². The molecular weight excluding hydrogens is 414 g/mol. The van der Waals surface area contributed by atoms with E-state index in [0.717, 1.165) is 6.07 Å². The average Bonchev–Trinajstić information content (AvgIpc) is 3.03. The van der Waals surface area contributed by atoms with Gasteiger partial charge in [0.15, 0.2) is 0 Å². The SMILES string of the molecule is NC(=O)CCNS(=O)(=O)c1ccc(-c2c[nH]c3cc(F)ccc23)cc1C(F)(F)F. The van der Waals surface area contributed by atoms with Crippen LogP contribution < -0.4 is 10.5 Å². The van der Waals surface area contributed by atoms with E-state index < -0.39 is 44.9 Å². The average molecular weight is 429 g/mol. The Morgan fingerprint density at radius 3 is 2.52 bits per heavy atom. The smallest absolute Gasteiger partial charge is 0.370 e. The molecule has 3 rings (SSSR count). The highest BCUT2D eigenvalue weighted by atomic mass is 32.2. The Bertz CT molecular complexity index is 1190. The molecule has 0 aliphatic heterocycles. The number of halogens is 4. The molecule has 4 N–H and O–H groups in total. The standard InChI is InChI=1S/C18H15F4N3O3S/c19-11-2-3-12-13(9-24-15(12)8-11)10-1-4-16(14(7-10)18(20,21)22)29(27,28)25-6-5-17(23)26/h1-4,7-9,24-25H,5-6H2,(H2,23,26). The van der Waals surface area contributed by atoms with E-state index in [0.29, 0.717) is 22.5 Å². The van der Waals surface area contributed by atoms with Gasteiger partial charge in [0, 0.05) is 35.6 Å². The number of carbonyl (C=O) groups excluding carboxylic acids is 1. The van der Waals surface area contributed by atoms with Crippen molar-refractivity contribution >= 4 is 26.8 Å². The lowest BCUT2D eigenvalue weighted by molar-refractivity contribution is -0.139. The van der Waals surface area contributed by atoms with Crippen molar-refractivity contribution in [3.63, 3.8) is 0 Å². The van der Waals surface area contributed by atoms with Gasteiger partial charge in [0.1, 0.15) is 5.82 Å². The predicted octanol–water partition coefficient (Wildman–Crippen LogP) is 3.15. The van der Waals surface area contributed by atoms with Crippen LogP contribution >= 0.6 is 0 Å². The Hall–Kier alpha value is -2.92. The molecule has 0 radical (unpaired) electrons. The van der Waals surface area contributed by atoms with Crippen molar-refractivity contribution in [2.45, 2.75) is 17.5 Å². The quantitative estimate of drug-likeness (QED) is 0.524. The number of alkyl halides is 3. The number of primary amides is 1. The maximum Gasteiger partial charge on any atom is 0.417 e. The van der Waals surface area contributed by atoms with Gasteiger partial charge in [-0.25, -0.2) is 17.5 Å². The third-order valence-corrected chi connectivity index (χ3v) is 5.71. The zero-order chi connectivity index (χ0) is 21.4. The highest BCUT2D eigenvalue weighted by molar-refractivity contribution is 7.89. The topological polar surface area (TPSA) is 105 Å². The first-order valence-electron chi connectivity index (χ1n) is 8.25. The van der Waals surface area contributed by atoms with Crippen molar-refractivity contribution < 1.29 is 30.8 Å². The Morgan fingerprint density at radius 2 is 1.86 bits per heavy atom. The monoisotopic (exact) mass is 429 g/mol. The summed E-state index contributed by atoms with van der Waals surface area (Å²) in [6.07, 6.45) is -3.90.